The zero-order valence-electron chi connectivity index (χ0n) is 12.9. The number of nitrogens with zero attached hydrogens (tertiary/aromatic N) is 1. The Morgan fingerprint density at radius 3 is 2.54 bits per heavy atom. The third-order valence-electron chi connectivity index (χ3n) is 4.69. The zero-order chi connectivity index (χ0) is 17.4. The fourth-order valence-electron chi connectivity index (χ4n) is 3.18. The van der Waals surface area contributed by atoms with E-state index in [1.807, 2.05) is 0 Å². The minimum atomic E-state index is -4.37. The van der Waals surface area contributed by atoms with Gasteiger partial charge in [0.05, 0.1) is 12.1 Å². The predicted molar refractivity (Wildman–Crippen MR) is 80.1 cm³/mol. The summed E-state index contributed by atoms with van der Waals surface area (Å²) in [5, 5.41) is 5.69. The molecule has 24 heavy (non-hydrogen) atoms. The highest BCUT2D eigenvalue weighted by Crippen LogP contribution is 2.42. The van der Waals surface area contributed by atoms with Gasteiger partial charge in [-0.1, -0.05) is 12.1 Å². The molecule has 1 aliphatic heterocycles. The van der Waals surface area contributed by atoms with Gasteiger partial charge in [-0.15, -0.1) is 0 Å². The number of benzene rings is 1. The molecule has 3 amide bonds. The number of imide groups is 1. The van der Waals surface area contributed by atoms with Gasteiger partial charge in [-0.05, 0) is 37.0 Å². The second-order valence-electron chi connectivity index (χ2n) is 6.15. The molecule has 1 aromatic rings. The van der Waals surface area contributed by atoms with Crippen LogP contribution in [0.2, 0.25) is 0 Å². The largest absolute Gasteiger partial charge is 0.416 e. The first-order valence-corrected chi connectivity index (χ1v) is 7.83. The van der Waals surface area contributed by atoms with Crippen molar-refractivity contribution in [2.45, 2.75) is 31.0 Å². The first kappa shape index (κ1) is 16.8. The third-order valence-corrected chi connectivity index (χ3v) is 4.69. The van der Waals surface area contributed by atoms with Gasteiger partial charge in [0, 0.05) is 18.6 Å². The molecule has 0 spiro atoms. The molecule has 1 heterocycles. The standard InChI is InChI=1S/C16H18F3N3O2/c17-16(18,19)12-4-1-3-11(9-12)15(5-2-6-15)21-7-8-22-13(23)10-20-14(22)24/h1,3-4,9,21H,2,5-8,10H2,(H,20,24). The van der Waals surface area contributed by atoms with E-state index in [0.717, 1.165) is 30.2 Å². The molecule has 0 bridgehead atoms. The number of hydrogen-bond acceptors (Lipinski definition) is 3. The molecule has 8 heteroatoms. The summed E-state index contributed by atoms with van der Waals surface area (Å²) in [4.78, 5) is 24.1. The number of halogens is 3. The van der Waals surface area contributed by atoms with Gasteiger partial charge in [-0.25, -0.2) is 4.79 Å². The van der Waals surface area contributed by atoms with Crippen molar-refractivity contribution in [1.29, 1.82) is 0 Å². The maximum atomic E-state index is 12.9. The molecule has 2 aliphatic rings. The van der Waals surface area contributed by atoms with Crippen molar-refractivity contribution in [1.82, 2.24) is 15.5 Å². The molecule has 5 nitrogen and oxygen atoms in total. The van der Waals surface area contributed by atoms with E-state index in [4.69, 9.17) is 0 Å². The number of carbonyl (C=O) groups is 2. The van der Waals surface area contributed by atoms with Crippen molar-refractivity contribution in [3.05, 3.63) is 35.4 Å². The van der Waals surface area contributed by atoms with Gasteiger partial charge in [-0.3, -0.25) is 9.69 Å². The fourth-order valence-corrected chi connectivity index (χ4v) is 3.18. The second kappa shape index (κ2) is 6.08. The van der Waals surface area contributed by atoms with Crippen LogP contribution in [0.4, 0.5) is 18.0 Å². The predicted octanol–water partition coefficient (Wildman–Crippen LogP) is 2.23. The van der Waals surface area contributed by atoms with Crippen LogP contribution in [0, 0.1) is 0 Å². The van der Waals surface area contributed by atoms with Crippen LogP contribution in [-0.4, -0.2) is 36.5 Å². The maximum absolute atomic E-state index is 12.9. The van der Waals surface area contributed by atoms with Crippen LogP contribution in [0.1, 0.15) is 30.4 Å². The Hall–Kier alpha value is -2.09. The summed E-state index contributed by atoms with van der Waals surface area (Å²) >= 11 is 0. The molecule has 2 N–H and O–H groups in total. The molecule has 3 rings (SSSR count). The molecular weight excluding hydrogens is 323 g/mol. The number of rotatable bonds is 5. The first-order chi connectivity index (χ1) is 11.3. The third kappa shape index (κ3) is 3.10. The summed E-state index contributed by atoms with van der Waals surface area (Å²) in [6.45, 7) is 0.540. The number of carbonyl (C=O) groups excluding carboxylic acids is 2. The Balaban J connectivity index is 1.69. The van der Waals surface area contributed by atoms with Crippen LogP contribution in [0.3, 0.4) is 0 Å². The van der Waals surface area contributed by atoms with Crippen molar-refractivity contribution in [2.24, 2.45) is 0 Å². The molecule has 1 aliphatic carbocycles. The highest BCUT2D eigenvalue weighted by Gasteiger charge is 2.40. The summed E-state index contributed by atoms with van der Waals surface area (Å²) in [5.74, 6) is -0.288. The van der Waals surface area contributed by atoms with Gasteiger partial charge < -0.3 is 10.6 Å². The van der Waals surface area contributed by atoms with Gasteiger partial charge in [0.2, 0.25) is 5.91 Å². The van der Waals surface area contributed by atoms with Gasteiger partial charge >= 0.3 is 12.2 Å². The Kier molecular flexibility index (Phi) is 4.25. The summed E-state index contributed by atoms with van der Waals surface area (Å²) < 4.78 is 38.7. The van der Waals surface area contributed by atoms with E-state index in [9.17, 15) is 22.8 Å². The molecule has 130 valence electrons. The van der Waals surface area contributed by atoms with E-state index in [1.54, 1.807) is 6.07 Å². The number of hydrogen-bond donors (Lipinski definition) is 2. The lowest BCUT2D eigenvalue weighted by Crippen LogP contribution is -2.51. The Bertz CT molecular complexity index is 640. The van der Waals surface area contributed by atoms with Crippen LogP contribution in [0.15, 0.2) is 24.3 Å². The lowest BCUT2D eigenvalue weighted by atomic mass is 9.71. The van der Waals surface area contributed by atoms with Crippen molar-refractivity contribution in [2.75, 3.05) is 19.6 Å². The molecule has 1 aromatic carbocycles. The van der Waals surface area contributed by atoms with Crippen LogP contribution >= 0.6 is 0 Å². The van der Waals surface area contributed by atoms with E-state index in [0.29, 0.717) is 12.1 Å². The maximum Gasteiger partial charge on any atom is 0.416 e. The van der Waals surface area contributed by atoms with Crippen molar-refractivity contribution < 1.29 is 22.8 Å². The lowest BCUT2D eigenvalue weighted by Gasteiger charge is -2.44. The smallest absolute Gasteiger partial charge is 0.329 e. The van der Waals surface area contributed by atoms with Crippen molar-refractivity contribution in [3.8, 4) is 0 Å². The van der Waals surface area contributed by atoms with Crippen LogP contribution in [-0.2, 0) is 16.5 Å². The molecule has 0 atom stereocenters. The summed E-state index contributed by atoms with van der Waals surface area (Å²) in [6, 6.07) is 4.92. The lowest BCUT2D eigenvalue weighted by molar-refractivity contribution is -0.137. The minimum Gasteiger partial charge on any atom is -0.329 e. The highest BCUT2D eigenvalue weighted by atomic mass is 19.4. The SMILES string of the molecule is O=C1CNC(=O)N1CCNC1(c2cccc(C(F)(F)F)c2)CCC1. The van der Waals surface area contributed by atoms with Crippen molar-refractivity contribution >= 4 is 11.9 Å². The minimum absolute atomic E-state index is 0.00238. The molecule has 1 saturated carbocycles. The van der Waals surface area contributed by atoms with Crippen molar-refractivity contribution in [3.63, 3.8) is 0 Å². The summed E-state index contributed by atoms with van der Waals surface area (Å²) in [7, 11) is 0. The van der Waals surface area contributed by atoms with Gasteiger partial charge in [0.1, 0.15) is 0 Å². The monoisotopic (exact) mass is 341 g/mol. The molecule has 0 unspecified atom stereocenters. The van der Waals surface area contributed by atoms with Gasteiger partial charge in [0.15, 0.2) is 0 Å². The number of nitrogens with one attached hydrogen (secondary N) is 2. The quantitative estimate of drug-likeness (QED) is 0.808. The second-order valence-corrected chi connectivity index (χ2v) is 6.15. The normalized spacial score (nSPS) is 20.0. The number of alkyl halides is 3. The fraction of sp³-hybridized carbons (Fsp3) is 0.500. The van der Waals surface area contributed by atoms with E-state index in [1.165, 1.54) is 12.1 Å². The molecule has 0 aromatic heterocycles. The van der Waals surface area contributed by atoms with E-state index in [2.05, 4.69) is 10.6 Å². The summed E-state index contributed by atoms with van der Waals surface area (Å²) in [5.41, 5.74) is -0.580. The molecule has 1 saturated heterocycles. The number of urea groups is 1. The number of amides is 3. The van der Waals surface area contributed by atoms with E-state index < -0.39 is 23.3 Å². The van der Waals surface area contributed by atoms with Crippen LogP contribution < -0.4 is 10.6 Å². The van der Waals surface area contributed by atoms with Gasteiger partial charge in [0.25, 0.3) is 0 Å². The van der Waals surface area contributed by atoms with Crippen LogP contribution in [0.25, 0.3) is 0 Å². The average molecular weight is 341 g/mol. The molecular formula is C16H18F3N3O2. The topological polar surface area (TPSA) is 61.4 Å². The average Bonchev–Trinajstić information content (AvgIpc) is 2.81. The Morgan fingerprint density at radius 2 is 2.00 bits per heavy atom. The molecule has 0 radical (unpaired) electrons. The Labute approximate surface area is 137 Å². The highest BCUT2D eigenvalue weighted by molar-refractivity contribution is 6.01. The molecule has 2 fully saturated rings. The van der Waals surface area contributed by atoms with E-state index >= 15 is 0 Å². The Morgan fingerprint density at radius 1 is 1.25 bits per heavy atom. The van der Waals surface area contributed by atoms with Crippen LogP contribution in [0.5, 0.6) is 0 Å². The first-order valence-electron chi connectivity index (χ1n) is 7.83. The summed E-state index contributed by atoms with van der Waals surface area (Å²) in [6.07, 6.45) is -1.99. The zero-order valence-corrected chi connectivity index (χ0v) is 12.9. The van der Waals surface area contributed by atoms with Gasteiger partial charge in [-0.2, -0.15) is 13.2 Å². The van der Waals surface area contributed by atoms with E-state index in [-0.39, 0.29) is 19.0 Å².